The van der Waals surface area contributed by atoms with Crippen LogP contribution in [0.3, 0.4) is 0 Å². The first-order valence-corrected chi connectivity index (χ1v) is 12.7. The molecule has 1 aliphatic heterocycles. The van der Waals surface area contributed by atoms with Gasteiger partial charge in [0.05, 0.1) is 29.7 Å². The van der Waals surface area contributed by atoms with Gasteiger partial charge in [0.1, 0.15) is 5.58 Å². The van der Waals surface area contributed by atoms with Gasteiger partial charge < -0.3 is 14.5 Å². The summed E-state index contributed by atoms with van der Waals surface area (Å²) < 4.78 is 11.4. The molecule has 5 rings (SSSR count). The van der Waals surface area contributed by atoms with E-state index in [4.69, 9.17) is 9.15 Å². The minimum Gasteiger partial charge on any atom is -0.464 e. The van der Waals surface area contributed by atoms with Gasteiger partial charge >= 0.3 is 5.97 Å². The monoisotopic (exact) mass is 489 g/mol. The number of hydrogen-bond donors (Lipinski definition) is 1. The highest BCUT2D eigenvalue weighted by molar-refractivity contribution is 7.10. The fourth-order valence-electron chi connectivity index (χ4n) is 4.96. The molecule has 0 amide bonds. The molecule has 7 heteroatoms. The largest absolute Gasteiger partial charge is 0.464 e. The van der Waals surface area contributed by atoms with Gasteiger partial charge in [0, 0.05) is 39.7 Å². The van der Waals surface area contributed by atoms with Crippen molar-refractivity contribution in [2.45, 2.75) is 45.4 Å². The van der Waals surface area contributed by atoms with Gasteiger partial charge in [-0.2, -0.15) is 0 Å². The van der Waals surface area contributed by atoms with Crippen LogP contribution in [0.1, 0.15) is 55.9 Å². The number of Topliss-reactive ketones (excluding diaryl/α,β-unsaturated/α-hetero) is 1. The van der Waals surface area contributed by atoms with Gasteiger partial charge in [-0.25, -0.2) is 4.79 Å². The number of nitrogens with one attached hydrogen (secondary N) is 1. The third kappa shape index (κ3) is 4.25. The summed E-state index contributed by atoms with van der Waals surface area (Å²) in [6.07, 6.45) is 2.35. The molecule has 0 unspecified atom stereocenters. The maximum atomic E-state index is 13.6. The number of esters is 1. The summed E-state index contributed by atoms with van der Waals surface area (Å²) in [6.45, 7) is 5.96. The summed E-state index contributed by atoms with van der Waals surface area (Å²) in [5.41, 5.74) is 2.58. The van der Waals surface area contributed by atoms with Gasteiger partial charge in [-0.15, -0.1) is 11.3 Å². The number of dihydropyridines is 1. The molecule has 35 heavy (non-hydrogen) atoms. The Morgan fingerprint density at radius 2 is 1.97 bits per heavy atom. The maximum Gasteiger partial charge on any atom is 0.336 e. The number of ether oxygens (including phenoxy) is 1. The molecular weight excluding hydrogens is 462 g/mol. The number of allylic oxidation sites excluding steroid dienone is 3. The van der Waals surface area contributed by atoms with Gasteiger partial charge in [0.2, 0.25) is 0 Å². The van der Waals surface area contributed by atoms with Crippen LogP contribution in [-0.2, 0) is 14.3 Å². The maximum absolute atomic E-state index is 13.6. The molecule has 3 heterocycles. The molecule has 0 radical (unpaired) electrons. The third-order valence-corrected chi connectivity index (χ3v) is 7.59. The van der Waals surface area contributed by atoms with Crippen molar-refractivity contribution in [3.05, 3.63) is 91.2 Å². The fourth-order valence-corrected chi connectivity index (χ4v) is 5.79. The summed E-state index contributed by atoms with van der Waals surface area (Å²) in [5, 5.41) is 5.75. The lowest BCUT2D eigenvalue weighted by Gasteiger charge is -2.36. The summed E-state index contributed by atoms with van der Waals surface area (Å²) >= 11 is 1.63. The topological polar surface area (TPSA) is 85.6 Å². The number of ketones is 1. The van der Waals surface area contributed by atoms with Crippen molar-refractivity contribution >= 4 is 34.1 Å². The van der Waals surface area contributed by atoms with E-state index in [2.05, 4.69) is 5.32 Å². The molecule has 2 aliphatic rings. The molecule has 2 aromatic heterocycles. The first-order chi connectivity index (χ1) is 16.8. The Bertz CT molecular complexity index is 1430. The lowest BCUT2D eigenvalue weighted by Crippen LogP contribution is -2.37. The van der Waals surface area contributed by atoms with E-state index in [1.165, 1.54) is 6.26 Å². The van der Waals surface area contributed by atoms with Crippen LogP contribution in [0.15, 0.2) is 79.8 Å². The second-order valence-corrected chi connectivity index (χ2v) is 10.5. The van der Waals surface area contributed by atoms with Gasteiger partial charge in [0.25, 0.3) is 0 Å². The summed E-state index contributed by atoms with van der Waals surface area (Å²) in [6, 6.07) is 11.0. The summed E-state index contributed by atoms with van der Waals surface area (Å²) in [7, 11) is 0. The normalized spacial score (nSPS) is 20.3. The Kier molecular flexibility index (Phi) is 6.19. The average molecular weight is 490 g/mol. The van der Waals surface area contributed by atoms with Crippen LogP contribution >= 0.6 is 11.3 Å². The highest BCUT2D eigenvalue weighted by Gasteiger charge is 2.43. The van der Waals surface area contributed by atoms with Crippen LogP contribution in [0.2, 0.25) is 0 Å². The second-order valence-electron chi connectivity index (χ2n) is 9.54. The second kappa shape index (κ2) is 9.30. The predicted octanol–water partition coefficient (Wildman–Crippen LogP) is 5.42. The van der Waals surface area contributed by atoms with Gasteiger partial charge in [-0.3, -0.25) is 9.59 Å². The van der Waals surface area contributed by atoms with Crippen molar-refractivity contribution in [3.63, 3.8) is 0 Å². The zero-order valence-electron chi connectivity index (χ0n) is 19.9. The number of benzene rings is 1. The van der Waals surface area contributed by atoms with Crippen LogP contribution in [0.5, 0.6) is 0 Å². The van der Waals surface area contributed by atoms with Gasteiger partial charge in [-0.05, 0) is 42.8 Å². The Hall–Kier alpha value is -3.45. The van der Waals surface area contributed by atoms with E-state index in [-0.39, 0.29) is 40.8 Å². The molecule has 1 aliphatic carbocycles. The van der Waals surface area contributed by atoms with Crippen LogP contribution in [0.4, 0.5) is 0 Å². The minimum absolute atomic E-state index is 0.0599. The number of para-hydroxylation sites is 1. The van der Waals surface area contributed by atoms with E-state index in [0.29, 0.717) is 35.1 Å². The van der Waals surface area contributed by atoms with Crippen molar-refractivity contribution in [2.24, 2.45) is 5.92 Å². The number of rotatable bonds is 5. The molecular formula is C28H27NO5S. The molecule has 0 saturated heterocycles. The fraction of sp³-hybridized carbons (Fsp3) is 0.321. The molecule has 2 atom stereocenters. The molecule has 1 N–H and O–H groups in total. The standard InChI is InChI=1S/C28H27NO5S/c1-15(2)13-34-28(32)24-16(3)29-20-11-17(23-9-6-10-35-23)12-21(30)26(20)25(24)19-14-33-22-8-5-4-7-18(22)27(19)31/h4-10,14-15,17,25,29H,11-13H2,1-3H3/t17-,25-/m0/s1. The van der Waals surface area contributed by atoms with Crippen LogP contribution < -0.4 is 10.7 Å². The van der Waals surface area contributed by atoms with Crippen molar-refractivity contribution in [2.75, 3.05) is 6.61 Å². The highest BCUT2D eigenvalue weighted by Crippen LogP contribution is 2.45. The molecule has 3 aromatic rings. The SMILES string of the molecule is CC1=C(C(=O)OCC(C)C)[C@H](c2coc3ccccc3c2=O)C2=C(C[C@H](c3cccs3)CC2=O)N1. The lowest BCUT2D eigenvalue weighted by molar-refractivity contribution is -0.140. The molecule has 0 bridgehead atoms. The average Bonchev–Trinajstić information content (AvgIpc) is 3.37. The number of thiophene rings is 1. The zero-order chi connectivity index (χ0) is 24.7. The van der Waals surface area contributed by atoms with Crippen molar-refractivity contribution in [3.8, 4) is 0 Å². The molecule has 0 spiro atoms. The molecule has 1 aromatic carbocycles. The molecule has 0 fully saturated rings. The lowest BCUT2D eigenvalue weighted by atomic mass is 9.73. The Morgan fingerprint density at radius 3 is 2.71 bits per heavy atom. The zero-order valence-corrected chi connectivity index (χ0v) is 20.7. The smallest absolute Gasteiger partial charge is 0.336 e. The van der Waals surface area contributed by atoms with E-state index >= 15 is 0 Å². The first kappa shape index (κ1) is 23.3. The number of fused-ring (bicyclic) bond motifs is 1. The Morgan fingerprint density at radius 1 is 1.17 bits per heavy atom. The van der Waals surface area contributed by atoms with E-state index < -0.39 is 11.9 Å². The van der Waals surface area contributed by atoms with Crippen LogP contribution in [0, 0.1) is 5.92 Å². The summed E-state index contributed by atoms with van der Waals surface area (Å²) in [4.78, 5) is 41.7. The third-order valence-electron chi connectivity index (χ3n) is 6.56. The molecule has 6 nitrogen and oxygen atoms in total. The van der Waals surface area contributed by atoms with Crippen molar-refractivity contribution < 1.29 is 18.7 Å². The van der Waals surface area contributed by atoms with Gasteiger partial charge in [0.15, 0.2) is 11.2 Å². The Balaban J connectivity index is 1.66. The molecule has 180 valence electrons. The number of carbonyl (C=O) groups is 2. The number of hydrogen-bond acceptors (Lipinski definition) is 7. The molecule has 0 saturated carbocycles. The summed E-state index contributed by atoms with van der Waals surface area (Å²) in [5.74, 6) is -1.23. The van der Waals surface area contributed by atoms with Crippen molar-refractivity contribution in [1.29, 1.82) is 0 Å². The minimum atomic E-state index is -0.844. The first-order valence-electron chi connectivity index (χ1n) is 11.8. The van der Waals surface area contributed by atoms with Gasteiger partial charge in [-0.1, -0.05) is 32.0 Å². The van der Waals surface area contributed by atoms with Crippen molar-refractivity contribution in [1.82, 2.24) is 5.32 Å². The quantitative estimate of drug-likeness (QED) is 0.482. The van der Waals surface area contributed by atoms with Crippen LogP contribution in [-0.4, -0.2) is 18.4 Å². The van der Waals surface area contributed by atoms with E-state index in [1.54, 1.807) is 42.5 Å². The van der Waals surface area contributed by atoms with Crippen LogP contribution in [0.25, 0.3) is 11.0 Å². The number of carbonyl (C=O) groups excluding carboxylic acids is 2. The van der Waals surface area contributed by atoms with E-state index in [1.807, 2.05) is 31.4 Å². The highest BCUT2D eigenvalue weighted by atomic mass is 32.1. The van der Waals surface area contributed by atoms with E-state index in [9.17, 15) is 14.4 Å². The Labute approximate surface area is 207 Å². The van der Waals surface area contributed by atoms with E-state index in [0.717, 1.165) is 10.6 Å². The predicted molar refractivity (Wildman–Crippen MR) is 135 cm³/mol.